The van der Waals surface area contributed by atoms with Crippen molar-refractivity contribution < 1.29 is 19.2 Å². The number of aromatic nitrogens is 1. The number of nitro benzene ring substituents is 1. The first-order valence-corrected chi connectivity index (χ1v) is 7.42. The lowest BCUT2D eigenvalue weighted by Gasteiger charge is -2.01. The Morgan fingerprint density at radius 1 is 1.32 bits per heavy atom. The van der Waals surface area contributed by atoms with Crippen molar-refractivity contribution in [2.24, 2.45) is 0 Å². The highest BCUT2D eigenvalue weighted by Crippen LogP contribution is 2.36. The largest absolute Gasteiger partial charge is 0.464 e. The van der Waals surface area contributed by atoms with Crippen LogP contribution in [-0.4, -0.2) is 28.9 Å². The van der Waals surface area contributed by atoms with Gasteiger partial charge in [-0.15, -0.1) is 0 Å². The van der Waals surface area contributed by atoms with Crippen LogP contribution in [0.1, 0.15) is 32.9 Å². The van der Waals surface area contributed by atoms with Crippen LogP contribution in [-0.2, 0) is 9.53 Å². The van der Waals surface area contributed by atoms with E-state index in [1.165, 1.54) is 25.3 Å². The Balaban J connectivity index is 2.14. The Morgan fingerprint density at radius 3 is 2.68 bits per heavy atom. The molecule has 0 unspecified atom stereocenters. The van der Waals surface area contributed by atoms with E-state index in [4.69, 9.17) is 4.74 Å². The minimum atomic E-state index is -0.511. The number of carbonyl (C=O) groups is 2. The number of nitro groups is 1. The number of H-pyrrole nitrogens is 1. The molecule has 8 nitrogen and oxygen atoms in total. The third-order valence-electron chi connectivity index (χ3n) is 4.17. The number of methoxy groups -OCH3 is 1. The summed E-state index contributed by atoms with van der Waals surface area (Å²) in [7, 11) is 1.29. The van der Waals surface area contributed by atoms with Crippen molar-refractivity contribution in [2.75, 3.05) is 12.4 Å². The van der Waals surface area contributed by atoms with Gasteiger partial charge in [-0.05, 0) is 37.1 Å². The van der Waals surface area contributed by atoms with Crippen molar-refractivity contribution >= 4 is 34.9 Å². The molecule has 0 saturated heterocycles. The Bertz CT molecular complexity index is 955. The Kier molecular flexibility index (Phi) is 3.88. The standard InChI is InChI=1S/C17H15N3O5/c1-8-11(9(2)18-15(8)17(22)25-3)7-13-12-6-10(20(23)24)4-5-14(12)19-16(13)21/h4-7,18H,1-3H3,(H,19,21)/b13-7+. The molecule has 0 aliphatic carbocycles. The van der Waals surface area contributed by atoms with E-state index in [9.17, 15) is 19.7 Å². The molecule has 0 atom stereocenters. The summed E-state index contributed by atoms with van der Waals surface area (Å²) in [6, 6.07) is 4.20. The SMILES string of the molecule is COC(=O)c1[nH]c(C)c(/C=C2/C(=O)Nc3ccc([N+](=O)[O-])cc32)c1C. The summed E-state index contributed by atoms with van der Waals surface area (Å²) in [5.41, 5.74) is 3.49. The van der Waals surface area contributed by atoms with Crippen LogP contribution in [0.15, 0.2) is 18.2 Å². The summed E-state index contributed by atoms with van der Waals surface area (Å²) in [6.45, 7) is 3.51. The van der Waals surface area contributed by atoms with Crippen LogP contribution in [0.5, 0.6) is 0 Å². The van der Waals surface area contributed by atoms with Crippen LogP contribution in [0.2, 0.25) is 0 Å². The molecule has 1 aliphatic heterocycles. The third-order valence-corrected chi connectivity index (χ3v) is 4.17. The smallest absolute Gasteiger partial charge is 0.354 e. The zero-order valence-electron chi connectivity index (χ0n) is 13.8. The van der Waals surface area contributed by atoms with E-state index in [1.54, 1.807) is 19.9 Å². The van der Waals surface area contributed by atoms with Crippen molar-refractivity contribution in [2.45, 2.75) is 13.8 Å². The van der Waals surface area contributed by atoms with Crippen molar-refractivity contribution in [3.63, 3.8) is 0 Å². The molecule has 1 aliphatic rings. The minimum Gasteiger partial charge on any atom is -0.464 e. The molecular formula is C17H15N3O5. The quantitative estimate of drug-likeness (QED) is 0.385. The van der Waals surface area contributed by atoms with Gasteiger partial charge in [0.1, 0.15) is 5.69 Å². The van der Waals surface area contributed by atoms with Gasteiger partial charge in [-0.1, -0.05) is 0 Å². The number of hydrogen-bond donors (Lipinski definition) is 2. The van der Waals surface area contributed by atoms with Crippen LogP contribution in [0.3, 0.4) is 0 Å². The van der Waals surface area contributed by atoms with Gasteiger partial charge in [-0.25, -0.2) is 4.79 Å². The number of amides is 1. The molecule has 2 N–H and O–H groups in total. The lowest BCUT2D eigenvalue weighted by molar-refractivity contribution is -0.384. The fourth-order valence-corrected chi connectivity index (χ4v) is 2.86. The second-order valence-corrected chi connectivity index (χ2v) is 5.65. The van der Waals surface area contributed by atoms with Gasteiger partial charge in [0.2, 0.25) is 0 Å². The van der Waals surface area contributed by atoms with Gasteiger partial charge >= 0.3 is 5.97 Å². The van der Waals surface area contributed by atoms with E-state index >= 15 is 0 Å². The number of nitrogens with one attached hydrogen (secondary N) is 2. The van der Waals surface area contributed by atoms with E-state index in [2.05, 4.69) is 10.3 Å². The number of anilines is 1. The van der Waals surface area contributed by atoms with E-state index in [1.807, 2.05) is 0 Å². The van der Waals surface area contributed by atoms with Gasteiger partial charge in [-0.3, -0.25) is 14.9 Å². The van der Waals surface area contributed by atoms with Gasteiger partial charge in [0.25, 0.3) is 11.6 Å². The first kappa shape index (κ1) is 16.4. The number of aromatic amines is 1. The molecule has 0 radical (unpaired) electrons. The second kappa shape index (κ2) is 5.90. The molecule has 2 aromatic rings. The Morgan fingerprint density at radius 2 is 2.04 bits per heavy atom. The molecule has 0 fully saturated rings. The maximum absolute atomic E-state index is 12.3. The minimum absolute atomic E-state index is 0.0982. The number of esters is 1. The maximum atomic E-state index is 12.3. The number of benzene rings is 1. The summed E-state index contributed by atoms with van der Waals surface area (Å²) in [5, 5.41) is 13.7. The molecule has 1 amide bonds. The van der Waals surface area contributed by atoms with Gasteiger partial charge in [-0.2, -0.15) is 0 Å². The first-order chi connectivity index (χ1) is 11.8. The fraction of sp³-hybridized carbons (Fsp3) is 0.176. The molecule has 2 heterocycles. The molecule has 0 saturated carbocycles. The lowest BCUT2D eigenvalue weighted by Crippen LogP contribution is -2.04. The Labute approximate surface area is 142 Å². The normalized spacial score (nSPS) is 14.4. The number of rotatable bonds is 3. The summed E-state index contributed by atoms with van der Waals surface area (Å²) < 4.78 is 4.73. The zero-order valence-corrected chi connectivity index (χ0v) is 13.8. The topological polar surface area (TPSA) is 114 Å². The van der Waals surface area contributed by atoms with Crippen LogP contribution >= 0.6 is 0 Å². The van der Waals surface area contributed by atoms with E-state index in [0.29, 0.717) is 39.3 Å². The van der Waals surface area contributed by atoms with E-state index in [0.717, 1.165) is 0 Å². The van der Waals surface area contributed by atoms with Crippen LogP contribution in [0, 0.1) is 24.0 Å². The molecule has 128 valence electrons. The molecule has 1 aromatic carbocycles. The molecular weight excluding hydrogens is 326 g/mol. The molecule has 3 rings (SSSR count). The first-order valence-electron chi connectivity index (χ1n) is 7.42. The summed E-state index contributed by atoms with van der Waals surface area (Å²) >= 11 is 0. The van der Waals surface area contributed by atoms with Crippen molar-refractivity contribution in [1.29, 1.82) is 0 Å². The fourth-order valence-electron chi connectivity index (χ4n) is 2.86. The van der Waals surface area contributed by atoms with Gasteiger partial charge < -0.3 is 15.0 Å². The number of hydrogen-bond acceptors (Lipinski definition) is 5. The summed E-state index contributed by atoms with van der Waals surface area (Å²) in [5.74, 6) is -0.854. The molecule has 1 aromatic heterocycles. The highest BCUT2D eigenvalue weighted by Gasteiger charge is 2.27. The average molecular weight is 341 g/mol. The predicted octanol–water partition coefficient (Wildman–Crippen LogP) is 2.82. The number of nitrogens with zero attached hydrogens (tertiary/aromatic N) is 1. The molecule has 25 heavy (non-hydrogen) atoms. The summed E-state index contributed by atoms with van der Waals surface area (Å²) in [4.78, 5) is 37.5. The van der Waals surface area contributed by atoms with Crippen molar-refractivity contribution in [3.05, 3.63) is 56.4 Å². The number of aryl methyl sites for hydroxylation is 1. The molecule has 0 bridgehead atoms. The van der Waals surface area contributed by atoms with Crippen LogP contribution < -0.4 is 5.32 Å². The number of carbonyl (C=O) groups excluding carboxylic acids is 2. The lowest BCUT2D eigenvalue weighted by atomic mass is 10.0. The van der Waals surface area contributed by atoms with Crippen molar-refractivity contribution in [1.82, 2.24) is 4.98 Å². The van der Waals surface area contributed by atoms with Crippen LogP contribution in [0.4, 0.5) is 11.4 Å². The van der Waals surface area contributed by atoms with Gasteiger partial charge in [0, 0.05) is 34.7 Å². The van der Waals surface area contributed by atoms with Crippen LogP contribution in [0.25, 0.3) is 11.6 Å². The summed E-state index contributed by atoms with van der Waals surface area (Å²) in [6.07, 6.45) is 1.62. The highest BCUT2D eigenvalue weighted by molar-refractivity contribution is 6.35. The monoisotopic (exact) mass is 341 g/mol. The maximum Gasteiger partial charge on any atom is 0.354 e. The second-order valence-electron chi connectivity index (χ2n) is 5.65. The average Bonchev–Trinajstić information content (AvgIpc) is 3.04. The molecule has 0 spiro atoms. The zero-order chi connectivity index (χ0) is 18.3. The molecule has 8 heteroatoms. The number of ether oxygens (including phenoxy) is 1. The number of fused-ring (bicyclic) bond motifs is 1. The van der Waals surface area contributed by atoms with Gasteiger partial charge in [0.15, 0.2) is 0 Å². The van der Waals surface area contributed by atoms with Gasteiger partial charge in [0.05, 0.1) is 12.0 Å². The predicted molar refractivity (Wildman–Crippen MR) is 91.2 cm³/mol. The van der Waals surface area contributed by atoms with E-state index < -0.39 is 10.9 Å². The van der Waals surface area contributed by atoms with Crippen molar-refractivity contribution in [3.8, 4) is 0 Å². The van der Waals surface area contributed by atoms with E-state index in [-0.39, 0.29) is 11.6 Å². The third kappa shape index (κ3) is 2.67. The highest BCUT2D eigenvalue weighted by atomic mass is 16.6. The number of non-ortho nitro benzene ring substituents is 1. The Hall–Kier alpha value is -3.42.